The number of rotatable bonds is 5. The lowest BCUT2D eigenvalue weighted by Crippen LogP contribution is -2.16. The molecule has 0 amide bonds. The second-order valence-corrected chi connectivity index (χ2v) is 14.0. The summed E-state index contributed by atoms with van der Waals surface area (Å²) < 4.78 is 1.21. The lowest BCUT2D eigenvalue weighted by molar-refractivity contribution is 0.733. The molecule has 1 saturated heterocycles. The summed E-state index contributed by atoms with van der Waals surface area (Å²) in [5, 5.41) is 17.5. The van der Waals surface area contributed by atoms with Crippen LogP contribution in [0.1, 0.15) is 11.1 Å². The molecule has 1 fully saturated rings. The molecule has 3 N–H and O–H groups in total. The fourth-order valence-electron chi connectivity index (χ4n) is 6.58. The van der Waals surface area contributed by atoms with Crippen LogP contribution in [0.3, 0.4) is 0 Å². The van der Waals surface area contributed by atoms with Crippen molar-refractivity contribution < 1.29 is 0 Å². The second kappa shape index (κ2) is 11.1. The number of thioether (sulfide) groups is 1. The first kappa shape index (κ1) is 27.6. The van der Waals surface area contributed by atoms with E-state index in [9.17, 15) is 0 Å². The van der Waals surface area contributed by atoms with Crippen LogP contribution in [0.4, 0.5) is 0 Å². The number of H-pyrrole nitrogens is 2. The van der Waals surface area contributed by atoms with Gasteiger partial charge in [0.1, 0.15) is 17.2 Å². The van der Waals surface area contributed by atoms with Gasteiger partial charge in [0.15, 0.2) is 0 Å². The highest BCUT2D eigenvalue weighted by Gasteiger charge is 2.29. The van der Waals surface area contributed by atoms with E-state index < -0.39 is 0 Å². The molecule has 0 saturated carbocycles. The number of hydrogen-bond acceptors (Lipinski definition) is 9. The van der Waals surface area contributed by atoms with Gasteiger partial charge in [-0.15, -0.1) is 28.2 Å². The molecule has 5 aromatic heterocycles. The molecular formula is C37H25N9S2. The molecule has 9 aromatic rings. The van der Waals surface area contributed by atoms with Crippen molar-refractivity contribution in [3.8, 4) is 44.5 Å². The molecule has 4 aromatic carbocycles. The molecule has 1 aliphatic heterocycles. The zero-order chi connectivity index (χ0) is 31.6. The third kappa shape index (κ3) is 4.50. The Bertz CT molecular complexity index is 2590. The number of thiophene rings is 1. The Morgan fingerprint density at radius 1 is 0.708 bits per heavy atom. The fourth-order valence-corrected chi connectivity index (χ4v) is 8.69. The SMILES string of the molecule is c1ccc2nc(-c3nc4c(-c5c[nH]nn5)c(-c5nc6ccccc6[nH]5)c(-c5cc6ccccc6s5)cc4nc3C3NCCS3)ccc2c1. The normalized spacial score (nSPS) is 15.0. The van der Waals surface area contributed by atoms with Crippen LogP contribution < -0.4 is 5.32 Å². The third-order valence-corrected chi connectivity index (χ3v) is 11.1. The largest absolute Gasteiger partial charge is 0.338 e. The smallest absolute Gasteiger partial charge is 0.139 e. The highest BCUT2D eigenvalue weighted by Crippen LogP contribution is 2.47. The van der Waals surface area contributed by atoms with Crippen molar-refractivity contribution in [1.82, 2.24) is 45.6 Å². The van der Waals surface area contributed by atoms with Crippen molar-refractivity contribution in [2.75, 3.05) is 12.3 Å². The highest BCUT2D eigenvalue weighted by atomic mass is 32.2. The predicted molar refractivity (Wildman–Crippen MR) is 195 cm³/mol. The Kier molecular flexibility index (Phi) is 6.36. The maximum Gasteiger partial charge on any atom is 0.139 e. The zero-order valence-corrected chi connectivity index (χ0v) is 26.9. The minimum absolute atomic E-state index is 0.0107. The molecule has 10 rings (SSSR count). The summed E-state index contributed by atoms with van der Waals surface area (Å²) in [7, 11) is 0. The van der Waals surface area contributed by atoms with Crippen LogP contribution in [0.15, 0.2) is 103 Å². The van der Waals surface area contributed by atoms with Crippen LogP contribution in [-0.2, 0) is 0 Å². The van der Waals surface area contributed by atoms with Crippen molar-refractivity contribution in [2.24, 2.45) is 0 Å². The average Bonchev–Trinajstić information content (AvgIpc) is 3.97. The van der Waals surface area contributed by atoms with E-state index in [1.807, 2.05) is 66.5 Å². The van der Waals surface area contributed by atoms with E-state index in [0.29, 0.717) is 11.2 Å². The van der Waals surface area contributed by atoms with Crippen molar-refractivity contribution in [3.05, 3.63) is 109 Å². The van der Waals surface area contributed by atoms with Crippen LogP contribution in [0.25, 0.3) is 87.5 Å². The third-order valence-electron chi connectivity index (χ3n) is 8.78. The Morgan fingerprint density at radius 3 is 2.40 bits per heavy atom. The average molecular weight is 660 g/mol. The van der Waals surface area contributed by atoms with Gasteiger partial charge in [-0.25, -0.2) is 19.9 Å². The molecule has 0 bridgehead atoms. The summed E-state index contributed by atoms with van der Waals surface area (Å²) in [6, 6.07) is 33.3. The lowest BCUT2D eigenvalue weighted by atomic mass is 9.94. The number of pyridine rings is 1. The van der Waals surface area contributed by atoms with Gasteiger partial charge in [0.2, 0.25) is 0 Å². The number of aromatic nitrogens is 8. The summed E-state index contributed by atoms with van der Waals surface area (Å²) in [6.45, 7) is 0.905. The minimum Gasteiger partial charge on any atom is -0.338 e. The maximum absolute atomic E-state index is 5.47. The molecule has 0 spiro atoms. The first-order valence-corrected chi connectivity index (χ1v) is 17.5. The number of imidazole rings is 1. The molecule has 0 radical (unpaired) electrons. The van der Waals surface area contributed by atoms with E-state index in [-0.39, 0.29) is 5.37 Å². The summed E-state index contributed by atoms with van der Waals surface area (Å²) in [4.78, 5) is 25.8. The Morgan fingerprint density at radius 2 is 1.56 bits per heavy atom. The Balaban J connectivity index is 1.33. The van der Waals surface area contributed by atoms with Crippen LogP contribution in [0, 0.1) is 0 Å². The number of nitrogens with one attached hydrogen (secondary N) is 3. The molecule has 6 heterocycles. The van der Waals surface area contributed by atoms with E-state index in [2.05, 4.69) is 74.2 Å². The molecule has 48 heavy (non-hydrogen) atoms. The van der Waals surface area contributed by atoms with E-state index in [0.717, 1.165) is 84.2 Å². The molecule has 1 atom stereocenters. The molecule has 1 unspecified atom stereocenters. The second-order valence-electron chi connectivity index (χ2n) is 11.7. The van der Waals surface area contributed by atoms with Crippen molar-refractivity contribution in [3.63, 3.8) is 0 Å². The van der Waals surface area contributed by atoms with Gasteiger partial charge in [-0.2, -0.15) is 0 Å². The van der Waals surface area contributed by atoms with Gasteiger partial charge in [0, 0.05) is 44.0 Å². The molecule has 9 nitrogen and oxygen atoms in total. The fraction of sp³-hybridized carbons (Fsp3) is 0.0811. The number of aromatic amines is 2. The van der Waals surface area contributed by atoms with Gasteiger partial charge in [-0.05, 0) is 47.9 Å². The first-order chi connectivity index (χ1) is 23.8. The van der Waals surface area contributed by atoms with Crippen LogP contribution in [0.5, 0.6) is 0 Å². The Hall–Kier alpha value is -5.49. The minimum atomic E-state index is -0.0107. The summed E-state index contributed by atoms with van der Waals surface area (Å²) in [5.41, 5.74) is 9.99. The predicted octanol–water partition coefficient (Wildman–Crippen LogP) is 8.39. The van der Waals surface area contributed by atoms with Crippen LogP contribution in [0.2, 0.25) is 0 Å². The van der Waals surface area contributed by atoms with Crippen molar-refractivity contribution >= 4 is 66.2 Å². The lowest BCUT2D eigenvalue weighted by Gasteiger charge is -2.18. The molecule has 230 valence electrons. The number of nitrogens with zero attached hydrogens (tertiary/aromatic N) is 6. The number of hydrogen-bond donors (Lipinski definition) is 3. The van der Waals surface area contributed by atoms with Gasteiger partial charge in [0.05, 0.1) is 50.5 Å². The quantitative estimate of drug-likeness (QED) is 0.169. The van der Waals surface area contributed by atoms with Crippen LogP contribution >= 0.6 is 23.1 Å². The number of benzene rings is 4. The molecule has 0 aliphatic carbocycles. The highest BCUT2D eigenvalue weighted by molar-refractivity contribution is 7.99. The maximum atomic E-state index is 5.47. The van der Waals surface area contributed by atoms with E-state index in [1.165, 1.54) is 10.1 Å². The summed E-state index contributed by atoms with van der Waals surface area (Å²) in [5.74, 6) is 1.73. The van der Waals surface area contributed by atoms with Gasteiger partial charge < -0.3 is 4.98 Å². The summed E-state index contributed by atoms with van der Waals surface area (Å²) in [6.07, 6.45) is 1.81. The zero-order valence-electron chi connectivity index (χ0n) is 25.3. The first-order valence-electron chi connectivity index (χ1n) is 15.7. The molecular weight excluding hydrogens is 635 g/mol. The van der Waals surface area contributed by atoms with Gasteiger partial charge in [0.25, 0.3) is 0 Å². The number of fused-ring (bicyclic) bond motifs is 4. The standard InChI is InChI=1S/C37H25N9S2/c1-3-9-23-20(7-1)13-14-26(40-23)34-35(37-38-15-16-47-37)41-27-18-22(30-17-21-8-2-6-12-29(21)48-30)31(32(33(27)44-34)28-19-39-46-45-28)36-42-24-10-4-5-11-25(24)43-36/h1-14,17-19,37-38H,15-16H2,(H,42,43)(H,39,45,46). The topological polar surface area (TPSA) is 121 Å². The summed E-state index contributed by atoms with van der Waals surface area (Å²) >= 11 is 3.59. The van der Waals surface area contributed by atoms with Crippen molar-refractivity contribution in [2.45, 2.75) is 5.37 Å². The molecule has 11 heteroatoms. The van der Waals surface area contributed by atoms with Crippen LogP contribution in [-0.4, -0.2) is 52.6 Å². The van der Waals surface area contributed by atoms with Crippen molar-refractivity contribution in [1.29, 1.82) is 0 Å². The van der Waals surface area contributed by atoms with Gasteiger partial charge in [-0.1, -0.05) is 59.8 Å². The molecule has 1 aliphatic rings. The monoisotopic (exact) mass is 659 g/mol. The van der Waals surface area contributed by atoms with E-state index >= 15 is 0 Å². The van der Waals surface area contributed by atoms with Gasteiger partial charge >= 0.3 is 0 Å². The van der Waals surface area contributed by atoms with E-state index in [1.54, 1.807) is 11.3 Å². The van der Waals surface area contributed by atoms with Gasteiger partial charge in [-0.3, -0.25) is 10.4 Å². The van der Waals surface area contributed by atoms with E-state index in [4.69, 9.17) is 19.9 Å². The Labute approximate surface area is 281 Å². The number of para-hydroxylation sites is 3.